The molecule has 0 spiro atoms. The molecule has 0 amide bonds. The Morgan fingerprint density at radius 3 is 2.14 bits per heavy atom. The zero-order valence-corrected chi connectivity index (χ0v) is 8.98. The maximum absolute atomic E-state index is 12.7. The van der Waals surface area contributed by atoms with Crippen molar-refractivity contribution in [2.24, 2.45) is 0 Å². The van der Waals surface area contributed by atoms with Crippen LogP contribution in [-0.4, -0.2) is 0 Å². The average molecular weight is 211 g/mol. The summed E-state index contributed by atoms with van der Waals surface area (Å²) in [4.78, 5) is 0. The highest BCUT2D eigenvalue weighted by Crippen LogP contribution is 2.25. The van der Waals surface area contributed by atoms with Gasteiger partial charge in [0.2, 0.25) is 0 Å². The van der Waals surface area contributed by atoms with Crippen molar-refractivity contribution in [3.63, 3.8) is 0 Å². The molecular formula is C12H12ClF. The van der Waals surface area contributed by atoms with E-state index in [4.69, 9.17) is 11.6 Å². The van der Waals surface area contributed by atoms with Crippen molar-refractivity contribution < 1.29 is 4.39 Å². The summed E-state index contributed by atoms with van der Waals surface area (Å²) in [7, 11) is 0. The van der Waals surface area contributed by atoms with Crippen LogP contribution in [-0.2, 0) is 0 Å². The van der Waals surface area contributed by atoms with E-state index in [9.17, 15) is 4.39 Å². The van der Waals surface area contributed by atoms with Crippen LogP contribution in [0.1, 0.15) is 19.4 Å². The normalized spacial score (nSPS) is 13.1. The van der Waals surface area contributed by atoms with Crippen LogP contribution in [0.3, 0.4) is 0 Å². The van der Waals surface area contributed by atoms with Gasteiger partial charge in [-0.25, -0.2) is 4.39 Å². The fraction of sp³-hybridized carbons (Fsp3) is 0.167. The highest BCUT2D eigenvalue weighted by Gasteiger charge is 2.03. The van der Waals surface area contributed by atoms with E-state index in [2.05, 4.69) is 0 Å². The van der Waals surface area contributed by atoms with E-state index in [1.807, 2.05) is 26.0 Å². The summed E-state index contributed by atoms with van der Waals surface area (Å²) in [5.74, 6) is -0.235. The Hall–Kier alpha value is -1.08. The summed E-state index contributed by atoms with van der Waals surface area (Å²) in [6.45, 7) is 3.78. The first-order valence-electron chi connectivity index (χ1n) is 4.43. The van der Waals surface area contributed by atoms with E-state index in [0.29, 0.717) is 5.03 Å². The quantitative estimate of drug-likeness (QED) is 0.636. The highest BCUT2D eigenvalue weighted by atomic mass is 35.5. The van der Waals surface area contributed by atoms with Crippen molar-refractivity contribution in [2.45, 2.75) is 13.8 Å². The number of allylic oxidation sites excluding steroid dienone is 4. The predicted molar refractivity (Wildman–Crippen MR) is 59.7 cm³/mol. The number of hydrogen-bond donors (Lipinski definition) is 0. The van der Waals surface area contributed by atoms with Gasteiger partial charge < -0.3 is 0 Å². The summed E-state index contributed by atoms with van der Waals surface area (Å²) in [6, 6.07) is 6.30. The Bertz CT molecular complexity index is 360. The lowest BCUT2D eigenvalue weighted by molar-refractivity contribution is 0.627. The fourth-order valence-corrected chi connectivity index (χ4v) is 1.45. The number of halogens is 2. The maximum atomic E-state index is 12.7. The zero-order valence-electron chi connectivity index (χ0n) is 8.22. The third kappa shape index (κ3) is 2.46. The van der Waals surface area contributed by atoms with E-state index in [1.165, 1.54) is 12.1 Å². The Morgan fingerprint density at radius 1 is 1.14 bits per heavy atom. The molecule has 14 heavy (non-hydrogen) atoms. The third-order valence-corrected chi connectivity index (χ3v) is 2.38. The smallest absolute Gasteiger partial charge is 0.123 e. The van der Waals surface area contributed by atoms with Crippen molar-refractivity contribution in [1.82, 2.24) is 0 Å². The second-order valence-corrected chi connectivity index (χ2v) is 3.25. The minimum atomic E-state index is -0.235. The number of rotatable bonds is 2. The summed E-state index contributed by atoms with van der Waals surface area (Å²) < 4.78 is 12.7. The first-order valence-corrected chi connectivity index (χ1v) is 4.81. The van der Waals surface area contributed by atoms with E-state index in [1.54, 1.807) is 12.1 Å². The molecule has 0 N–H and O–H groups in total. The summed E-state index contributed by atoms with van der Waals surface area (Å²) >= 11 is 6.00. The molecule has 1 aromatic carbocycles. The van der Waals surface area contributed by atoms with Crippen molar-refractivity contribution in [3.05, 3.63) is 52.8 Å². The van der Waals surface area contributed by atoms with E-state index in [0.717, 1.165) is 11.1 Å². The van der Waals surface area contributed by atoms with Gasteiger partial charge >= 0.3 is 0 Å². The number of hydrogen-bond acceptors (Lipinski definition) is 0. The van der Waals surface area contributed by atoms with Gasteiger partial charge in [-0.3, -0.25) is 0 Å². The molecule has 0 aliphatic rings. The fourth-order valence-electron chi connectivity index (χ4n) is 1.23. The number of benzene rings is 1. The zero-order chi connectivity index (χ0) is 10.6. The summed E-state index contributed by atoms with van der Waals surface area (Å²) in [5.41, 5.74) is 1.85. The molecule has 0 bridgehead atoms. The van der Waals surface area contributed by atoms with Crippen LogP contribution in [0.5, 0.6) is 0 Å². The standard InChI is InChI=1S/C12H12ClF/c1-3-11(12(13)4-2)9-5-7-10(14)8-6-9/h3-8H,1-2H3. The molecule has 0 aromatic heterocycles. The molecule has 0 heterocycles. The molecule has 2 heteroatoms. The SMILES string of the molecule is CC=C(Cl)C(=CC)c1ccc(F)cc1. The van der Waals surface area contributed by atoms with Gasteiger partial charge in [-0.1, -0.05) is 35.9 Å². The van der Waals surface area contributed by atoms with Crippen LogP contribution >= 0.6 is 11.6 Å². The lowest BCUT2D eigenvalue weighted by Crippen LogP contribution is -1.84. The second-order valence-electron chi connectivity index (χ2n) is 2.85. The van der Waals surface area contributed by atoms with Gasteiger partial charge in [-0.05, 0) is 37.1 Å². The lowest BCUT2D eigenvalue weighted by Gasteiger charge is -2.05. The molecule has 0 saturated carbocycles. The molecule has 1 aromatic rings. The van der Waals surface area contributed by atoms with Crippen molar-refractivity contribution in [1.29, 1.82) is 0 Å². The Kier molecular flexibility index (Phi) is 3.90. The molecule has 1 rings (SSSR count). The third-order valence-electron chi connectivity index (χ3n) is 1.95. The maximum Gasteiger partial charge on any atom is 0.123 e. The Morgan fingerprint density at radius 2 is 1.71 bits per heavy atom. The molecular weight excluding hydrogens is 199 g/mol. The van der Waals surface area contributed by atoms with Gasteiger partial charge in [-0.15, -0.1) is 0 Å². The molecule has 0 atom stereocenters. The molecule has 0 saturated heterocycles. The lowest BCUT2D eigenvalue weighted by atomic mass is 10.1. The summed E-state index contributed by atoms with van der Waals surface area (Å²) in [5, 5.41) is 0.680. The molecule has 74 valence electrons. The first-order chi connectivity index (χ1) is 6.69. The van der Waals surface area contributed by atoms with Crippen LogP contribution < -0.4 is 0 Å². The topological polar surface area (TPSA) is 0 Å². The van der Waals surface area contributed by atoms with Crippen molar-refractivity contribution in [2.75, 3.05) is 0 Å². The molecule has 0 aliphatic carbocycles. The van der Waals surface area contributed by atoms with Crippen molar-refractivity contribution in [3.8, 4) is 0 Å². The van der Waals surface area contributed by atoms with E-state index in [-0.39, 0.29) is 5.82 Å². The van der Waals surface area contributed by atoms with Crippen molar-refractivity contribution >= 4 is 17.2 Å². The van der Waals surface area contributed by atoms with Gasteiger partial charge in [0.25, 0.3) is 0 Å². The predicted octanol–water partition coefficient (Wildman–Crippen LogP) is 4.37. The van der Waals surface area contributed by atoms with Gasteiger partial charge in [0.05, 0.1) is 0 Å². The van der Waals surface area contributed by atoms with Gasteiger partial charge in [0.1, 0.15) is 5.82 Å². The van der Waals surface area contributed by atoms with Gasteiger partial charge in [0, 0.05) is 5.03 Å². The molecule has 0 unspecified atom stereocenters. The second kappa shape index (κ2) is 4.97. The highest BCUT2D eigenvalue weighted by molar-refractivity contribution is 6.36. The van der Waals surface area contributed by atoms with Gasteiger partial charge in [0.15, 0.2) is 0 Å². The van der Waals surface area contributed by atoms with E-state index < -0.39 is 0 Å². The molecule has 0 aliphatic heterocycles. The van der Waals surface area contributed by atoms with Crippen LogP contribution in [0, 0.1) is 5.82 Å². The Labute approximate surface area is 88.7 Å². The molecule has 0 fully saturated rings. The summed E-state index contributed by atoms with van der Waals surface area (Å²) in [6.07, 6.45) is 3.73. The van der Waals surface area contributed by atoms with Crippen LogP contribution in [0.25, 0.3) is 5.57 Å². The van der Waals surface area contributed by atoms with Crippen LogP contribution in [0.4, 0.5) is 4.39 Å². The monoisotopic (exact) mass is 210 g/mol. The minimum absolute atomic E-state index is 0.235. The Balaban J connectivity index is 3.09. The largest absolute Gasteiger partial charge is 0.207 e. The van der Waals surface area contributed by atoms with Crippen LogP contribution in [0.2, 0.25) is 0 Å². The molecule has 0 radical (unpaired) electrons. The average Bonchev–Trinajstić information content (AvgIpc) is 2.21. The minimum Gasteiger partial charge on any atom is -0.207 e. The van der Waals surface area contributed by atoms with Gasteiger partial charge in [-0.2, -0.15) is 0 Å². The van der Waals surface area contributed by atoms with E-state index >= 15 is 0 Å². The van der Waals surface area contributed by atoms with Crippen LogP contribution in [0.15, 0.2) is 41.4 Å². The first kappa shape index (κ1) is 11.0. The molecule has 0 nitrogen and oxygen atoms in total.